The van der Waals surface area contributed by atoms with Crippen LogP contribution in [0.2, 0.25) is 0 Å². The highest BCUT2D eigenvalue weighted by Gasteiger charge is 2.04. The number of amides is 1. The maximum absolute atomic E-state index is 12.6. The molecule has 0 saturated carbocycles. The normalized spacial score (nSPS) is 9.81. The van der Waals surface area contributed by atoms with Crippen LogP contribution < -0.4 is 11.1 Å². The van der Waals surface area contributed by atoms with Gasteiger partial charge in [0.25, 0.3) is 5.91 Å². The van der Waals surface area contributed by atoms with Gasteiger partial charge in [-0.25, -0.2) is 4.39 Å². The molecule has 1 rings (SSSR count). The van der Waals surface area contributed by atoms with Crippen LogP contribution in [0.1, 0.15) is 23.2 Å². The molecule has 0 aromatic heterocycles. The lowest BCUT2D eigenvalue weighted by molar-refractivity contribution is 0.0953. The predicted molar refractivity (Wildman–Crippen MR) is 64.8 cm³/mol. The highest BCUT2D eigenvalue weighted by Crippen LogP contribution is 2.02. The molecule has 16 heavy (non-hydrogen) atoms. The summed E-state index contributed by atoms with van der Waals surface area (Å²) in [7, 11) is 0. The van der Waals surface area contributed by atoms with E-state index in [0.717, 1.165) is 0 Å². The first-order valence-corrected chi connectivity index (χ1v) is 5.32. The second-order valence-electron chi connectivity index (χ2n) is 3.33. The Morgan fingerprint density at radius 2 is 2.00 bits per heavy atom. The fraction of sp³-hybridized carbons (Fsp3) is 0.273. The topological polar surface area (TPSA) is 55.1 Å². The number of benzene rings is 1. The number of carbonyl (C=O) groups is 1. The van der Waals surface area contributed by atoms with Crippen LogP contribution in [0, 0.1) is 5.82 Å². The number of thiocarbonyl (C=S) groups is 1. The van der Waals surface area contributed by atoms with Gasteiger partial charge in [-0.15, -0.1) is 0 Å². The summed E-state index contributed by atoms with van der Waals surface area (Å²) in [6.45, 7) is 0.507. The Morgan fingerprint density at radius 1 is 1.38 bits per heavy atom. The Hall–Kier alpha value is -1.49. The number of halogens is 1. The SMILES string of the molecule is NC(=S)CCCNC(=O)c1ccc(F)cc1. The largest absolute Gasteiger partial charge is 0.393 e. The van der Waals surface area contributed by atoms with Gasteiger partial charge in [-0.2, -0.15) is 0 Å². The zero-order valence-corrected chi connectivity index (χ0v) is 9.52. The third-order valence-electron chi connectivity index (χ3n) is 1.99. The van der Waals surface area contributed by atoms with Gasteiger partial charge in [0, 0.05) is 12.1 Å². The van der Waals surface area contributed by atoms with E-state index in [9.17, 15) is 9.18 Å². The molecule has 0 radical (unpaired) electrons. The number of nitrogens with one attached hydrogen (secondary N) is 1. The second kappa shape index (κ2) is 6.17. The molecular formula is C11H13FN2OS. The highest BCUT2D eigenvalue weighted by molar-refractivity contribution is 7.80. The quantitative estimate of drug-likeness (QED) is 0.607. The van der Waals surface area contributed by atoms with Gasteiger partial charge in [-0.05, 0) is 37.1 Å². The van der Waals surface area contributed by atoms with Gasteiger partial charge in [0.05, 0.1) is 4.99 Å². The smallest absolute Gasteiger partial charge is 0.251 e. The molecule has 0 aliphatic rings. The van der Waals surface area contributed by atoms with Crippen molar-refractivity contribution in [3.63, 3.8) is 0 Å². The van der Waals surface area contributed by atoms with Gasteiger partial charge in [0.2, 0.25) is 0 Å². The third kappa shape index (κ3) is 4.35. The van der Waals surface area contributed by atoms with Crippen molar-refractivity contribution in [1.29, 1.82) is 0 Å². The van der Waals surface area contributed by atoms with E-state index in [1.54, 1.807) is 0 Å². The van der Waals surface area contributed by atoms with Gasteiger partial charge < -0.3 is 11.1 Å². The zero-order valence-electron chi connectivity index (χ0n) is 8.70. The Labute approximate surface area is 98.8 Å². The van der Waals surface area contributed by atoms with Crippen LogP contribution in [-0.2, 0) is 0 Å². The molecule has 0 bridgehead atoms. The van der Waals surface area contributed by atoms with Gasteiger partial charge in [-0.1, -0.05) is 12.2 Å². The molecule has 0 aliphatic carbocycles. The summed E-state index contributed by atoms with van der Waals surface area (Å²) in [4.78, 5) is 11.9. The van der Waals surface area contributed by atoms with Crippen LogP contribution in [0.5, 0.6) is 0 Å². The second-order valence-corrected chi connectivity index (χ2v) is 3.86. The summed E-state index contributed by atoms with van der Waals surface area (Å²) < 4.78 is 12.6. The summed E-state index contributed by atoms with van der Waals surface area (Å²) in [5, 5.41) is 2.70. The monoisotopic (exact) mass is 240 g/mol. The Kier molecular flexibility index (Phi) is 4.85. The Morgan fingerprint density at radius 3 is 2.56 bits per heavy atom. The summed E-state index contributed by atoms with van der Waals surface area (Å²) in [5.74, 6) is -0.576. The third-order valence-corrected chi connectivity index (χ3v) is 2.20. The van der Waals surface area contributed by atoms with Crippen molar-refractivity contribution in [2.45, 2.75) is 12.8 Å². The fourth-order valence-electron chi connectivity index (χ4n) is 1.17. The average Bonchev–Trinajstić information content (AvgIpc) is 2.25. The van der Waals surface area contributed by atoms with Crippen molar-refractivity contribution in [1.82, 2.24) is 5.32 Å². The van der Waals surface area contributed by atoms with E-state index in [2.05, 4.69) is 5.32 Å². The van der Waals surface area contributed by atoms with Crippen molar-refractivity contribution < 1.29 is 9.18 Å². The molecule has 0 aliphatic heterocycles. The number of rotatable bonds is 5. The maximum Gasteiger partial charge on any atom is 0.251 e. The average molecular weight is 240 g/mol. The van der Waals surface area contributed by atoms with Crippen LogP contribution in [0.3, 0.4) is 0 Å². The molecule has 0 spiro atoms. The van der Waals surface area contributed by atoms with Crippen LogP contribution in [0.25, 0.3) is 0 Å². The first kappa shape index (κ1) is 12.6. The first-order chi connectivity index (χ1) is 7.59. The summed E-state index contributed by atoms with van der Waals surface area (Å²) >= 11 is 4.71. The molecule has 0 atom stereocenters. The molecule has 0 saturated heterocycles. The van der Waals surface area contributed by atoms with Crippen LogP contribution in [0.15, 0.2) is 24.3 Å². The Bertz CT molecular complexity index is 378. The van der Waals surface area contributed by atoms with Gasteiger partial charge in [0.1, 0.15) is 5.82 Å². The summed E-state index contributed by atoms with van der Waals surface area (Å²) in [5.41, 5.74) is 5.76. The van der Waals surface area contributed by atoms with E-state index in [4.69, 9.17) is 18.0 Å². The number of hydrogen-bond donors (Lipinski definition) is 2. The van der Waals surface area contributed by atoms with Crippen molar-refractivity contribution in [3.8, 4) is 0 Å². The molecule has 1 aromatic carbocycles. The van der Waals surface area contributed by atoms with Crippen molar-refractivity contribution in [2.24, 2.45) is 5.73 Å². The van der Waals surface area contributed by atoms with Crippen LogP contribution in [-0.4, -0.2) is 17.4 Å². The molecule has 1 aromatic rings. The van der Waals surface area contributed by atoms with Gasteiger partial charge >= 0.3 is 0 Å². The minimum Gasteiger partial charge on any atom is -0.393 e. The van der Waals surface area contributed by atoms with Crippen molar-refractivity contribution in [3.05, 3.63) is 35.6 Å². The minimum atomic E-state index is -0.356. The van der Waals surface area contributed by atoms with E-state index < -0.39 is 0 Å². The lowest BCUT2D eigenvalue weighted by Gasteiger charge is -2.04. The standard InChI is InChI=1S/C11H13FN2OS/c12-9-5-3-8(4-6-9)11(15)14-7-1-2-10(13)16/h3-6H,1-2,7H2,(H2,13,16)(H,14,15). The van der Waals surface area contributed by atoms with Gasteiger partial charge in [-0.3, -0.25) is 4.79 Å². The molecule has 3 nitrogen and oxygen atoms in total. The van der Waals surface area contributed by atoms with E-state index in [1.165, 1.54) is 24.3 Å². The van der Waals surface area contributed by atoms with E-state index >= 15 is 0 Å². The molecule has 5 heteroatoms. The molecule has 3 N–H and O–H groups in total. The van der Waals surface area contributed by atoms with Crippen molar-refractivity contribution in [2.75, 3.05) is 6.54 Å². The first-order valence-electron chi connectivity index (χ1n) is 4.91. The predicted octanol–water partition coefficient (Wildman–Crippen LogP) is 1.62. The van der Waals surface area contributed by atoms with Crippen LogP contribution >= 0.6 is 12.2 Å². The lowest BCUT2D eigenvalue weighted by Crippen LogP contribution is -2.25. The number of carbonyl (C=O) groups excluding carboxylic acids is 1. The lowest BCUT2D eigenvalue weighted by atomic mass is 10.2. The van der Waals surface area contributed by atoms with E-state index in [-0.39, 0.29) is 11.7 Å². The van der Waals surface area contributed by atoms with E-state index in [1.807, 2.05) is 0 Å². The molecule has 86 valence electrons. The minimum absolute atomic E-state index is 0.220. The number of nitrogens with two attached hydrogens (primary N) is 1. The summed E-state index contributed by atoms with van der Waals surface area (Å²) in [6, 6.07) is 5.39. The molecule has 1 amide bonds. The molecular weight excluding hydrogens is 227 g/mol. The van der Waals surface area contributed by atoms with E-state index in [0.29, 0.717) is 29.9 Å². The zero-order chi connectivity index (χ0) is 12.0. The van der Waals surface area contributed by atoms with Crippen molar-refractivity contribution >= 4 is 23.1 Å². The fourth-order valence-corrected chi connectivity index (χ4v) is 1.31. The van der Waals surface area contributed by atoms with Crippen LogP contribution in [0.4, 0.5) is 4.39 Å². The van der Waals surface area contributed by atoms with Gasteiger partial charge in [0.15, 0.2) is 0 Å². The molecule has 0 heterocycles. The number of hydrogen-bond acceptors (Lipinski definition) is 2. The highest BCUT2D eigenvalue weighted by atomic mass is 32.1. The molecule has 0 fully saturated rings. The maximum atomic E-state index is 12.6. The summed E-state index contributed by atoms with van der Waals surface area (Å²) in [6.07, 6.45) is 1.32. The Balaban J connectivity index is 2.35. The molecule has 0 unspecified atom stereocenters.